The first-order chi connectivity index (χ1) is 5.73. The molecule has 2 nitrogen and oxygen atoms in total. The number of hydrogen-bond acceptors (Lipinski definition) is 3. The van der Waals surface area contributed by atoms with Gasteiger partial charge in [0.1, 0.15) is 0 Å². The van der Waals surface area contributed by atoms with Gasteiger partial charge in [-0.1, -0.05) is 27.7 Å². The van der Waals surface area contributed by atoms with Crippen molar-refractivity contribution in [2.45, 2.75) is 39.9 Å². The molecule has 0 amide bonds. The highest BCUT2D eigenvalue weighted by molar-refractivity contribution is 7.80. The number of hydrogen-bond donors (Lipinski definition) is 1. The molecular weight excluding hydrogens is 180 g/mol. The van der Waals surface area contributed by atoms with Crippen LogP contribution < -0.4 is 0 Å². The van der Waals surface area contributed by atoms with Gasteiger partial charge >= 0.3 is 0 Å². The number of nitrogens with zero attached hydrogens (tertiary/aromatic N) is 2. The van der Waals surface area contributed by atoms with E-state index in [1.807, 2.05) is 12.1 Å². The summed E-state index contributed by atoms with van der Waals surface area (Å²) in [6, 6.07) is 0. The van der Waals surface area contributed by atoms with Crippen molar-refractivity contribution in [2.75, 3.05) is 13.6 Å². The zero-order chi connectivity index (χ0) is 10.6. The van der Waals surface area contributed by atoms with Crippen molar-refractivity contribution >= 4 is 18.3 Å². The van der Waals surface area contributed by atoms with E-state index in [1.54, 1.807) is 0 Å². The molecule has 0 aromatic carbocycles. The molecule has 3 heteroatoms. The predicted molar refractivity (Wildman–Crippen MR) is 63.6 cm³/mol. The van der Waals surface area contributed by atoms with Crippen LogP contribution in [-0.4, -0.2) is 29.6 Å². The van der Waals surface area contributed by atoms with Crippen LogP contribution >= 0.6 is 12.6 Å². The molecule has 0 aromatic heterocycles. The summed E-state index contributed by atoms with van der Waals surface area (Å²) in [5.41, 5.74) is 1.32. The monoisotopic (exact) mass is 202 g/mol. The molecule has 0 bridgehead atoms. The lowest BCUT2D eigenvalue weighted by Gasteiger charge is -2.22. The third kappa shape index (κ3) is 5.97. The van der Waals surface area contributed by atoms with Gasteiger partial charge in [0.25, 0.3) is 0 Å². The van der Waals surface area contributed by atoms with E-state index in [4.69, 9.17) is 0 Å². The lowest BCUT2D eigenvalue weighted by molar-refractivity contribution is 0.352. The van der Waals surface area contributed by atoms with E-state index >= 15 is 0 Å². The van der Waals surface area contributed by atoms with Crippen molar-refractivity contribution in [1.82, 2.24) is 5.01 Å². The predicted octanol–water partition coefficient (Wildman–Crippen LogP) is 2.66. The van der Waals surface area contributed by atoms with Crippen LogP contribution in [0.5, 0.6) is 0 Å². The van der Waals surface area contributed by atoms with Crippen molar-refractivity contribution in [3.8, 4) is 0 Å². The maximum Gasteiger partial charge on any atom is 0.0470 e. The molecule has 0 fully saturated rings. The van der Waals surface area contributed by atoms with Gasteiger partial charge in [0, 0.05) is 30.0 Å². The van der Waals surface area contributed by atoms with Gasteiger partial charge in [-0.05, 0) is 6.92 Å². The SMILES string of the molecule is C/C(=N\N(C)CC(C)S)C(C)(C)C. The Labute approximate surface area is 87.8 Å². The van der Waals surface area contributed by atoms with Gasteiger partial charge in [0.15, 0.2) is 0 Å². The fourth-order valence-corrected chi connectivity index (χ4v) is 1.07. The summed E-state index contributed by atoms with van der Waals surface area (Å²) in [5, 5.41) is 6.81. The highest BCUT2D eigenvalue weighted by Gasteiger charge is 2.14. The molecule has 0 aliphatic rings. The molecule has 0 spiro atoms. The van der Waals surface area contributed by atoms with Gasteiger partial charge in [0.2, 0.25) is 0 Å². The molecular formula is C10H22N2S. The summed E-state index contributed by atoms with van der Waals surface area (Å²) >= 11 is 4.32. The molecule has 0 aliphatic carbocycles. The van der Waals surface area contributed by atoms with Crippen LogP contribution in [0.3, 0.4) is 0 Å². The summed E-state index contributed by atoms with van der Waals surface area (Å²) in [5.74, 6) is 0. The summed E-state index contributed by atoms with van der Waals surface area (Å²) in [4.78, 5) is 0. The molecule has 0 saturated heterocycles. The fourth-order valence-electron chi connectivity index (χ4n) is 0.829. The molecule has 1 atom stereocenters. The Morgan fingerprint density at radius 2 is 1.92 bits per heavy atom. The second-order valence-electron chi connectivity index (χ2n) is 4.62. The minimum Gasteiger partial charge on any atom is -0.299 e. The molecule has 0 heterocycles. The van der Waals surface area contributed by atoms with Gasteiger partial charge in [-0.25, -0.2) is 0 Å². The second kappa shape index (κ2) is 4.89. The molecule has 0 saturated carbocycles. The standard InChI is InChI=1S/C10H22N2S/c1-8(13)7-12(6)11-9(2)10(3,4)5/h8,13H,7H2,1-6H3/b11-9+. The van der Waals surface area contributed by atoms with E-state index < -0.39 is 0 Å². The van der Waals surface area contributed by atoms with Gasteiger partial charge in [-0.2, -0.15) is 17.7 Å². The summed E-state index contributed by atoms with van der Waals surface area (Å²) in [6.45, 7) is 11.5. The minimum atomic E-state index is 0.161. The third-order valence-electron chi connectivity index (χ3n) is 1.93. The first-order valence-corrected chi connectivity index (χ1v) is 5.20. The third-order valence-corrected chi connectivity index (χ3v) is 2.10. The quantitative estimate of drug-likeness (QED) is 0.422. The second-order valence-corrected chi connectivity index (χ2v) is 5.51. The molecule has 13 heavy (non-hydrogen) atoms. The largest absolute Gasteiger partial charge is 0.299 e. The molecule has 0 aliphatic heterocycles. The fraction of sp³-hybridized carbons (Fsp3) is 0.900. The maximum absolute atomic E-state index is 4.49. The topological polar surface area (TPSA) is 15.6 Å². The van der Waals surface area contributed by atoms with Crippen LogP contribution in [-0.2, 0) is 0 Å². The Bertz CT molecular complexity index is 180. The van der Waals surface area contributed by atoms with Crippen molar-refractivity contribution < 1.29 is 0 Å². The lowest BCUT2D eigenvalue weighted by atomic mass is 9.91. The number of rotatable bonds is 3. The lowest BCUT2D eigenvalue weighted by Crippen LogP contribution is -2.25. The average Bonchev–Trinajstić information content (AvgIpc) is 1.82. The maximum atomic E-state index is 4.49. The van der Waals surface area contributed by atoms with E-state index in [0.717, 1.165) is 12.3 Å². The smallest absolute Gasteiger partial charge is 0.0470 e. The van der Waals surface area contributed by atoms with Crippen molar-refractivity contribution in [2.24, 2.45) is 10.5 Å². The molecule has 0 rings (SSSR count). The van der Waals surface area contributed by atoms with Crippen molar-refractivity contribution in [3.63, 3.8) is 0 Å². The van der Waals surface area contributed by atoms with Crippen molar-refractivity contribution in [1.29, 1.82) is 0 Å². The van der Waals surface area contributed by atoms with Crippen LogP contribution in [0.1, 0.15) is 34.6 Å². The van der Waals surface area contributed by atoms with Crippen LogP contribution in [0.15, 0.2) is 5.10 Å². The van der Waals surface area contributed by atoms with E-state index in [0.29, 0.717) is 5.25 Å². The molecule has 0 N–H and O–H groups in total. The normalized spacial score (nSPS) is 15.8. The molecule has 78 valence electrons. The van der Waals surface area contributed by atoms with E-state index in [2.05, 4.69) is 52.3 Å². The minimum absolute atomic E-state index is 0.161. The highest BCUT2D eigenvalue weighted by Crippen LogP contribution is 2.16. The highest BCUT2D eigenvalue weighted by atomic mass is 32.1. The van der Waals surface area contributed by atoms with Gasteiger partial charge in [-0.3, -0.25) is 5.01 Å². The number of hydrazone groups is 1. The van der Waals surface area contributed by atoms with Gasteiger partial charge in [0.05, 0.1) is 0 Å². The van der Waals surface area contributed by atoms with Crippen LogP contribution in [0.4, 0.5) is 0 Å². The van der Waals surface area contributed by atoms with Crippen LogP contribution in [0, 0.1) is 5.41 Å². The Kier molecular flexibility index (Phi) is 4.82. The zero-order valence-corrected chi connectivity index (χ0v) is 10.5. The van der Waals surface area contributed by atoms with E-state index in [-0.39, 0.29) is 5.41 Å². The average molecular weight is 202 g/mol. The Hall–Kier alpha value is -0.180. The first-order valence-electron chi connectivity index (χ1n) is 4.68. The molecule has 0 radical (unpaired) electrons. The summed E-state index contributed by atoms with van der Waals surface area (Å²) < 4.78 is 0. The van der Waals surface area contributed by atoms with E-state index in [1.165, 1.54) is 0 Å². The number of thiol groups is 1. The van der Waals surface area contributed by atoms with Crippen molar-refractivity contribution in [3.05, 3.63) is 0 Å². The Balaban J connectivity index is 4.22. The van der Waals surface area contributed by atoms with Gasteiger partial charge < -0.3 is 0 Å². The zero-order valence-electron chi connectivity index (χ0n) is 9.63. The summed E-state index contributed by atoms with van der Waals surface area (Å²) in [6.07, 6.45) is 0. The molecule has 1 unspecified atom stereocenters. The van der Waals surface area contributed by atoms with Gasteiger partial charge in [-0.15, -0.1) is 0 Å². The van der Waals surface area contributed by atoms with E-state index in [9.17, 15) is 0 Å². The summed E-state index contributed by atoms with van der Waals surface area (Å²) in [7, 11) is 1.99. The van der Waals surface area contributed by atoms with Crippen LogP contribution in [0.25, 0.3) is 0 Å². The Morgan fingerprint density at radius 3 is 2.23 bits per heavy atom. The molecule has 0 aromatic rings. The van der Waals surface area contributed by atoms with Crippen LogP contribution in [0.2, 0.25) is 0 Å². The first kappa shape index (κ1) is 12.8. The Morgan fingerprint density at radius 1 is 1.46 bits per heavy atom.